The second-order valence-electron chi connectivity index (χ2n) is 6.15. The van der Waals surface area contributed by atoms with E-state index in [1.54, 1.807) is 24.5 Å². The van der Waals surface area contributed by atoms with Crippen LogP contribution in [0.3, 0.4) is 0 Å². The van der Waals surface area contributed by atoms with E-state index in [1.807, 2.05) is 42.5 Å². The predicted molar refractivity (Wildman–Crippen MR) is 103 cm³/mol. The summed E-state index contributed by atoms with van der Waals surface area (Å²) >= 11 is 0. The molecule has 1 N–H and O–H groups in total. The number of nitrogens with one attached hydrogen (secondary N) is 1. The summed E-state index contributed by atoms with van der Waals surface area (Å²) in [5, 5.41) is 0. The molecule has 0 radical (unpaired) electrons. The molecule has 0 saturated heterocycles. The summed E-state index contributed by atoms with van der Waals surface area (Å²) in [6.45, 7) is 0.498. The maximum atomic E-state index is 13.3. The smallest absolute Gasteiger partial charge is 0.251 e. The van der Waals surface area contributed by atoms with Gasteiger partial charge in [0.15, 0.2) is 0 Å². The summed E-state index contributed by atoms with van der Waals surface area (Å²) in [6, 6.07) is 18.9. The van der Waals surface area contributed by atoms with Crippen molar-refractivity contribution in [3.05, 3.63) is 96.1 Å². The van der Waals surface area contributed by atoms with Gasteiger partial charge in [-0.2, -0.15) is 0 Å². The van der Waals surface area contributed by atoms with Crippen LogP contribution in [0.15, 0.2) is 79.1 Å². The van der Waals surface area contributed by atoms with Crippen molar-refractivity contribution >= 4 is 5.91 Å². The van der Waals surface area contributed by atoms with Crippen LogP contribution in [-0.4, -0.2) is 24.1 Å². The molecule has 1 atom stereocenters. The van der Waals surface area contributed by atoms with Gasteiger partial charge in [0.25, 0.3) is 5.91 Å². The van der Waals surface area contributed by atoms with Crippen LogP contribution in [0, 0.1) is 5.82 Å². The average molecular weight is 380 g/mol. The molecule has 1 aromatic heterocycles. The van der Waals surface area contributed by atoms with Crippen molar-refractivity contribution in [2.45, 2.75) is 12.3 Å². The first-order valence-electron chi connectivity index (χ1n) is 8.96. The van der Waals surface area contributed by atoms with Crippen molar-refractivity contribution in [2.75, 3.05) is 13.2 Å². The number of nitrogens with zero attached hydrogens (tertiary/aromatic N) is 1. The Labute approximate surface area is 163 Å². The Kier molecular flexibility index (Phi) is 7.09. The molecule has 1 heterocycles. The molecule has 0 saturated carbocycles. The minimum atomic E-state index is -0.528. The Morgan fingerprint density at radius 3 is 2.50 bits per heavy atom. The number of ether oxygens (including phenoxy) is 1. The number of pyridine rings is 1. The first-order chi connectivity index (χ1) is 13.7. The third kappa shape index (κ3) is 5.89. The van der Waals surface area contributed by atoms with Crippen molar-refractivity contribution in [2.24, 2.45) is 0 Å². The van der Waals surface area contributed by atoms with Crippen LogP contribution < -0.4 is 10.2 Å². The number of amides is 1. The number of para-hydroxylation sites is 1. The topological polar surface area (TPSA) is 60.5 Å². The van der Waals surface area contributed by atoms with Gasteiger partial charge in [0, 0.05) is 12.4 Å². The lowest BCUT2D eigenvalue weighted by Crippen LogP contribution is -2.32. The van der Waals surface area contributed by atoms with Gasteiger partial charge in [-0.05, 0) is 47.9 Å². The largest absolute Gasteiger partial charge is 0.491 e. The van der Waals surface area contributed by atoms with Crippen LogP contribution in [0.1, 0.15) is 17.0 Å². The average Bonchev–Trinajstić information content (AvgIpc) is 2.74. The Hall–Kier alpha value is -3.25. The van der Waals surface area contributed by atoms with E-state index in [9.17, 15) is 9.18 Å². The number of halogens is 1. The molecule has 3 rings (SSSR count). The Morgan fingerprint density at radius 1 is 1.00 bits per heavy atom. The summed E-state index contributed by atoms with van der Waals surface area (Å²) in [4.78, 5) is 22.0. The van der Waals surface area contributed by atoms with E-state index in [2.05, 4.69) is 10.5 Å². The summed E-state index contributed by atoms with van der Waals surface area (Å²) < 4.78 is 18.8. The fraction of sp³-hybridized carbons (Fsp3) is 0.182. The highest BCUT2D eigenvalue weighted by Crippen LogP contribution is 2.21. The zero-order valence-electron chi connectivity index (χ0n) is 15.3. The van der Waals surface area contributed by atoms with Gasteiger partial charge >= 0.3 is 0 Å². The molecule has 0 aliphatic carbocycles. The minimum absolute atomic E-state index is 0.198. The fourth-order valence-electron chi connectivity index (χ4n) is 2.72. The lowest BCUT2D eigenvalue weighted by molar-refractivity contribution is -0.135. The van der Waals surface area contributed by atoms with Crippen LogP contribution >= 0.6 is 0 Å². The van der Waals surface area contributed by atoms with Gasteiger partial charge in [-0.25, -0.2) is 9.87 Å². The zero-order chi connectivity index (χ0) is 19.6. The molecular formula is C22H21FN2O3. The number of hydrogen-bond donors (Lipinski definition) is 1. The summed E-state index contributed by atoms with van der Waals surface area (Å²) in [7, 11) is 0. The first-order valence-corrected chi connectivity index (χ1v) is 8.96. The highest BCUT2D eigenvalue weighted by atomic mass is 19.1. The van der Waals surface area contributed by atoms with Gasteiger partial charge in [0.05, 0.1) is 5.92 Å². The molecule has 1 amide bonds. The molecular weight excluding hydrogens is 359 g/mol. The third-order valence-electron chi connectivity index (χ3n) is 4.12. The van der Waals surface area contributed by atoms with E-state index < -0.39 is 5.92 Å². The number of aromatic nitrogens is 1. The zero-order valence-corrected chi connectivity index (χ0v) is 15.3. The molecule has 1 unspecified atom stereocenters. The van der Waals surface area contributed by atoms with Crippen molar-refractivity contribution in [3.8, 4) is 5.75 Å². The second kappa shape index (κ2) is 10.2. The Morgan fingerprint density at radius 2 is 1.79 bits per heavy atom. The van der Waals surface area contributed by atoms with Crippen LogP contribution in [0.25, 0.3) is 0 Å². The number of hydroxylamine groups is 1. The monoisotopic (exact) mass is 380 g/mol. The van der Waals surface area contributed by atoms with E-state index in [0.717, 1.165) is 11.3 Å². The van der Waals surface area contributed by atoms with Gasteiger partial charge in [0.1, 0.15) is 24.8 Å². The van der Waals surface area contributed by atoms with Crippen molar-refractivity contribution in [3.63, 3.8) is 0 Å². The number of hydrogen-bond acceptors (Lipinski definition) is 4. The van der Waals surface area contributed by atoms with E-state index >= 15 is 0 Å². The standard InChI is InChI=1S/C22H21FN2O3/c23-19-10-8-18(9-11-19)21(15-17-5-4-12-24-16-17)22(26)25-28-14-13-27-20-6-2-1-3-7-20/h1-12,16,21H,13-15H2,(H,25,26). The molecule has 0 fully saturated rings. The van der Waals surface area contributed by atoms with Crippen LogP contribution in [0.5, 0.6) is 5.75 Å². The van der Waals surface area contributed by atoms with Gasteiger partial charge in [-0.3, -0.25) is 14.6 Å². The quantitative estimate of drug-likeness (QED) is 0.454. The highest BCUT2D eigenvalue weighted by Gasteiger charge is 2.21. The minimum Gasteiger partial charge on any atom is -0.491 e. The van der Waals surface area contributed by atoms with Crippen molar-refractivity contribution in [1.29, 1.82) is 0 Å². The molecule has 6 heteroatoms. The lowest BCUT2D eigenvalue weighted by atomic mass is 9.92. The first kappa shape index (κ1) is 19.5. The van der Waals surface area contributed by atoms with E-state index in [1.165, 1.54) is 12.1 Å². The normalized spacial score (nSPS) is 11.6. The Bertz CT molecular complexity index is 858. The maximum Gasteiger partial charge on any atom is 0.251 e. The second-order valence-corrected chi connectivity index (χ2v) is 6.15. The van der Waals surface area contributed by atoms with Gasteiger partial charge in [0.2, 0.25) is 0 Å². The maximum absolute atomic E-state index is 13.3. The summed E-state index contributed by atoms with van der Waals surface area (Å²) in [5.74, 6) is -0.452. The van der Waals surface area contributed by atoms with Crippen LogP contribution in [0.4, 0.5) is 4.39 Å². The van der Waals surface area contributed by atoms with Gasteiger partial charge in [-0.1, -0.05) is 36.4 Å². The lowest BCUT2D eigenvalue weighted by Gasteiger charge is -2.17. The molecule has 0 aliphatic heterocycles. The van der Waals surface area contributed by atoms with E-state index in [-0.39, 0.29) is 18.3 Å². The number of rotatable bonds is 9. The van der Waals surface area contributed by atoms with Gasteiger partial charge < -0.3 is 4.74 Å². The number of benzene rings is 2. The van der Waals surface area contributed by atoms with Crippen LogP contribution in [-0.2, 0) is 16.1 Å². The molecule has 144 valence electrons. The molecule has 0 aliphatic rings. The van der Waals surface area contributed by atoms with E-state index in [0.29, 0.717) is 18.6 Å². The number of carbonyl (C=O) groups is 1. The fourth-order valence-corrected chi connectivity index (χ4v) is 2.72. The van der Waals surface area contributed by atoms with Crippen molar-refractivity contribution in [1.82, 2.24) is 10.5 Å². The third-order valence-corrected chi connectivity index (χ3v) is 4.12. The van der Waals surface area contributed by atoms with Crippen molar-refractivity contribution < 1.29 is 18.8 Å². The SMILES string of the molecule is O=C(NOCCOc1ccccc1)C(Cc1cccnc1)c1ccc(F)cc1. The summed E-state index contributed by atoms with van der Waals surface area (Å²) in [6.07, 6.45) is 3.81. The Balaban J connectivity index is 1.56. The molecule has 2 aromatic carbocycles. The number of carbonyl (C=O) groups excluding carboxylic acids is 1. The molecule has 28 heavy (non-hydrogen) atoms. The predicted octanol–water partition coefficient (Wildman–Crippen LogP) is 3.67. The van der Waals surface area contributed by atoms with Crippen LogP contribution in [0.2, 0.25) is 0 Å². The molecule has 0 bridgehead atoms. The van der Waals surface area contributed by atoms with Gasteiger partial charge in [-0.15, -0.1) is 0 Å². The summed E-state index contributed by atoms with van der Waals surface area (Å²) in [5.41, 5.74) is 4.07. The van der Waals surface area contributed by atoms with E-state index in [4.69, 9.17) is 9.57 Å². The molecule has 0 spiro atoms. The molecule has 5 nitrogen and oxygen atoms in total. The highest BCUT2D eigenvalue weighted by molar-refractivity contribution is 5.83. The molecule has 3 aromatic rings.